The van der Waals surface area contributed by atoms with Crippen molar-refractivity contribution in [1.29, 1.82) is 0 Å². The summed E-state index contributed by atoms with van der Waals surface area (Å²) in [5.41, 5.74) is 1.93. The van der Waals surface area contributed by atoms with E-state index in [2.05, 4.69) is 33.1 Å². The topological polar surface area (TPSA) is 64.6 Å². The average Bonchev–Trinajstić information content (AvgIpc) is 2.69. The Morgan fingerprint density at radius 2 is 1.96 bits per heavy atom. The summed E-state index contributed by atoms with van der Waals surface area (Å²) in [5, 5.41) is 2.98. The number of ether oxygens (including phenoxy) is 2. The number of benzene rings is 1. The fraction of sp³-hybridized carbons (Fsp3) is 0.545. The summed E-state index contributed by atoms with van der Waals surface area (Å²) in [4.78, 5) is 25.4. The molecule has 0 heterocycles. The number of nitrogens with one attached hydrogen (secondary N) is 1. The zero-order chi connectivity index (χ0) is 20.7. The van der Waals surface area contributed by atoms with E-state index in [1.54, 1.807) is 14.0 Å². The molecule has 0 bridgehead atoms. The predicted octanol–water partition coefficient (Wildman–Crippen LogP) is 3.54. The van der Waals surface area contributed by atoms with E-state index in [9.17, 15) is 9.59 Å². The van der Waals surface area contributed by atoms with Crippen LogP contribution in [0.3, 0.4) is 0 Å². The Morgan fingerprint density at radius 1 is 1.29 bits per heavy atom. The van der Waals surface area contributed by atoms with Crippen LogP contribution in [0.25, 0.3) is 0 Å². The van der Waals surface area contributed by atoms with E-state index in [1.165, 1.54) is 7.11 Å². The molecule has 5 nitrogen and oxygen atoms in total. The maximum atomic E-state index is 12.9. The van der Waals surface area contributed by atoms with Crippen LogP contribution < -0.4 is 5.32 Å². The van der Waals surface area contributed by atoms with Crippen molar-refractivity contribution in [2.45, 2.75) is 64.0 Å². The molecule has 0 spiro atoms. The van der Waals surface area contributed by atoms with Crippen LogP contribution in [0.5, 0.6) is 0 Å². The maximum absolute atomic E-state index is 12.9. The highest BCUT2D eigenvalue weighted by atomic mass is 79.9. The Balaban J connectivity index is 2.21. The molecule has 1 fully saturated rings. The van der Waals surface area contributed by atoms with E-state index >= 15 is 0 Å². The van der Waals surface area contributed by atoms with Crippen LogP contribution in [-0.4, -0.2) is 37.7 Å². The van der Waals surface area contributed by atoms with Crippen LogP contribution >= 0.6 is 15.9 Å². The molecule has 152 valence electrons. The second-order valence-electron chi connectivity index (χ2n) is 7.06. The summed E-state index contributed by atoms with van der Waals surface area (Å²) in [6, 6.07) is 3.95. The molecule has 0 aliphatic heterocycles. The van der Waals surface area contributed by atoms with Crippen LogP contribution in [0, 0.1) is 11.8 Å². The first-order valence-corrected chi connectivity index (χ1v) is 10.3. The summed E-state index contributed by atoms with van der Waals surface area (Å²) in [7, 11) is 3.03. The Kier molecular flexibility index (Phi) is 8.09. The van der Waals surface area contributed by atoms with Crippen molar-refractivity contribution >= 4 is 27.8 Å². The van der Waals surface area contributed by atoms with E-state index in [0.29, 0.717) is 25.7 Å². The molecule has 0 aromatic heterocycles. The molecule has 0 atom stereocenters. The number of hydrogen-bond donors (Lipinski definition) is 1. The molecule has 2 rings (SSSR count). The lowest BCUT2D eigenvalue weighted by molar-refractivity contribution is -0.153. The highest BCUT2D eigenvalue weighted by Crippen LogP contribution is 2.31. The minimum absolute atomic E-state index is 0.114. The molecular formula is C22H28BrNO4. The fourth-order valence-corrected chi connectivity index (χ4v) is 4.43. The third-order valence-corrected chi connectivity index (χ3v) is 6.06. The Morgan fingerprint density at radius 3 is 2.50 bits per heavy atom. The van der Waals surface area contributed by atoms with Gasteiger partial charge in [0.2, 0.25) is 5.91 Å². The van der Waals surface area contributed by atoms with Crippen LogP contribution in [0.1, 0.15) is 56.2 Å². The van der Waals surface area contributed by atoms with Gasteiger partial charge in [-0.1, -0.05) is 28.8 Å². The van der Waals surface area contributed by atoms with E-state index in [1.807, 2.05) is 19.1 Å². The lowest BCUT2D eigenvalue weighted by Crippen LogP contribution is -2.57. The number of rotatable bonds is 6. The zero-order valence-corrected chi connectivity index (χ0v) is 18.6. The molecule has 1 saturated carbocycles. The maximum Gasteiger partial charge on any atom is 0.331 e. The second-order valence-corrected chi connectivity index (χ2v) is 7.91. The Labute approximate surface area is 175 Å². The number of aryl methyl sites for hydroxylation is 1. The van der Waals surface area contributed by atoms with Crippen LogP contribution in [0.2, 0.25) is 0 Å². The lowest BCUT2D eigenvalue weighted by Gasteiger charge is -2.38. The monoisotopic (exact) mass is 449 g/mol. The minimum Gasteiger partial charge on any atom is -0.467 e. The van der Waals surface area contributed by atoms with Crippen molar-refractivity contribution in [3.8, 4) is 11.8 Å². The normalized spacial score (nSPS) is 21.4. The molecule has 0 saturated heterocycles. The summed E-state index contributed by atoms with van der Waals surface area (Å²) in [6.45, 7) is 3.85. The van der Waals surface area contributed by atoms with Gasteiger partial charge in [-0.2, -0.15) is 0 Å². The van der Waals surface area contributed by atoms with Gasteiger partial charge >= 0.3 is 5.97 Å². The van der Waals surface area contributed by atoms with Crippen molar-refractivity contribution in [3.05, 3.63) is 33.3 Å². The number of esters is 1. The lowest BCUT2D eigenvalue weighted by atomic mass is 9.80. The fourth-order valence-electron chi connectivity index (χ4n) is 3.79. The largest absolute Gasteiger partial charge is 0.467 e. The van der Waals surface area contributed by atoms with Gasteiger partial charge in [0.25, 0.3) is 0 Å². The first kappa shape index (κ1) is 22.4. The van der Waals surface area contributed by atoms with Gasteiger partial charge in [0.1, 0.15) is 5.54 Å². The van der Waals surface area contributed by atoms with Crippen molar-refractivity contribution in [2.75, 3.05) is 14.2 Å². The summed E-state index contributed by atoms with van der Waals surface area (Å²) < 4.78 is 11.3. The number of amides is 1. The quantitative estimate of drug-likeness (QED) is 0.532. The zero-order valence-electron chi connectivity index (χ0n) is 17.0. The van der Waals surface area contributed by atoms with Gasteiger partial charge in [-0.15, -0.1) is 5.92 Å². The van der Waals surface area contributed by atoms with Gasteiger partial charge in [-0.25, -0.2) is 4.79 Å². The van der Waals surface area contributed by atoms with E-state index in [0.717, 1.165) is 27.6 Å². The molecule has 1 aliphatic rings. The van der Waals surface area contributed by atoms with Gasteiger partial charge in [-0.05, 0) is 62.3 Å². The number of hydrogen-bond acceptors (Lipinski definition) is 4. The van der Waals surface area contributed by atoms with Crippen molar-refractivity contribution in [1.82, 2.24) is 5.32 Å². The van der Waals surface area contributed by atoms with Crippen LogP contribution in [0.15, 0.2) is 16.6 Å². The van der Waals surface area contributed by atoms with Gasteiger partial charge in [-0.3, -0.25) is 4.79 Å². The molecule has 28 heavy (non-hydrogen) atoms. The molecule has 0 radical (unpaired) electrons. The highest BCUT2D eigenvalue weighted by molar-refractivity contribution is 9.10. The molecule has 6 heteroatoms. The second kappa shape index (κ2) is 10.1. The number of carbonyl (C=O) groups is 2. The van der Waals surface area contributed by atoms with Gasteiger partial charge < -0.3 is 14.8 Å². The third-order valence-electron chi connectivity index (χ3n) is 5.35. The Bertz CT molecular complexity index is 786. The summed E-state index contributed by atoms with van der Waals surface area (Å²) >= 11 is 3.58. The molecule has 1 aliphatic carbocycles. The molecule has 1 aromatic rings. The summed E-state index contributed by atoms with van der Waals surface area (Å²) in [6.07, 6.45) is 3.53. The Hall–Kier alpha value is -1.84. The van der Waals surface area contributed by atoms with Crippen LogP contribution in [0.4, 0.5) is 0 Å². The van der Waals surface area contributed by atoms with E-state index < -0.39 is 11.5 Å². The minimum atomic E-state index is -0.979. The SMILES string of the molecule is CC#Cc1cc(Br)c(CC(=O)NC2(C(=O)OC)CCC(OC)CC2)c(CC)c1. The van der Waals surface area contributed by atoms with Crippen molar-refractivity contribution < 1.29 is 19.1 Å². The molecule has 0 unspecified atom stereocenters. The molecule has 1 aromatic carbocycles. The molecule has 1 N–H and O–H groups in total. The third kappa shape index (κ3) is 5.15. The number of halogens is 1. The number of carbonyl (C=O) groups excluding carboxylic acids is 2. The van der Waals surface area contributed by atoms with Crippen molar-refractivity contribution in [2.24, 2.45) is 0 Å². The predicted molar refractivity (Wildman–Crippen MR) is 112 cm³/mol. The van der Waals surface area contributed by atoms with Crippen molar-refractivity contribution in [3.63, 3.8) is 0 Å². The molecule has 1 amide bonds. The first-order chi connectivity index (χ1) is 13.4. The number of methoxy groups -OCH3 is 2. The highest BCUT2D eigenvalue weighted by Gasteiger charge is 2.44. The summed E-state index contributed by atoms with van der Waals surface area (Å²) in [5.74, 6) is 5.37. The van der Waals surface area contributed by atoms with E-state index in [-0.39, 0.29) is 18.4 Å². The average molecular weight is 450 g/mol. The smallest absolute Gasteiger partial charge is 0.331 e. The van der Waals surface area contributed by atoms with Crippen LogP contribution in [-0.2, 0) is 31.9 Å². The van der Waals surface area contributed by atoms with Gasteiger partial charge in [0.05, 0.1) is 19.6 Å². The van der Waals surface area contributed by atoms with E-state index in [4.69, 9.17) is 9.47 Å². The van der Waals surface area contributed by atoms with Gasteiger partial charge in [0, 0.05) is 17.1 Å². The first-order valence-electron chi connectivity index (χ1n) is 9.55. The molecular weight excluding hydrogens is 422 g/mol. The van der Waals surface area contributed by atoms with Gasteiger partial charge in [0.15, 0.2) is 0 Å². The standard InChI is InChI=1S/C22H28BrNO4/c1-5-7-15-12-16(6-2)18(19(23)13-15)14-20(25)24-22(21(26)28-4)10-8-17(27-3)9-11-22/h12-13,17H,6,8-11,14H2,1-4H3,(H,24,25).